The predicted molar refractivity (Wildman–Crippen MR) is 97.6 cm³/mol. The summed E-state index contributed by atoms with van der Waals surface area (Å²) in [5, 5.41) is 11.7. The Morgan fingerprint density at radius 2 is 1.80 bits per heavy atom. The Labute approximate surface area is 144 Å². The van der Waals surface area contributed by atoms with E-state index in [-0.39, 0.29) is 0 Å². The largest absolute Gasteiger partial charge is 0.378 e. The van der Waals surface area contributed by atoms with E-state index >= 15 is 0 Å². The van der Waals surface area contributed by atoms with E-state index < -0.39 is 0 Å². The van der Waals surface area contributed by atoms with E-state index in [2.05, 4.69) is 25.5 Å². The number of nitrogens with zero attached hydrogens (tertiary/aromatic N) is 3. The highest BCUT2D eigenvalue weighted by molar-refractivity contribution is 5.91. The molecule has 0 saturated heterocycles. The fourth-order valence-electron chi connectivity index (χ4n) is 2.68. The van der Waals surface area contributed by atoms with Crippen LogP contribution in [0.3, 0.4) is 0 Å². The van der Waals surface area contributed by atoms with Gasteiger partial charge < -0.3 is 10.1 Å². The summed E-state index contributed by atoms with van der Waals surface area (Å²) in [5.74, 6) is 2.06. The highest BCUT2D eigenvalue weighted by Gasteiger charge is 2.10. The monoisotopic (exact) mass is 331 g/mol. The molecule has 0 spiro atoms. The third kappa shape index (κ3) is 3.20. The molecule has 0 fully saturated rings. The zero-order valence-corrected chi connectivity index (χ0v) is 13.7. The predicted octanol–water partition coefficient (Wildman–Crippen LogP) is 3.91. The zero-order valence-electron chi connectivity index (χ0n) is 13.7. The molecule has 6 heteroatoms. The van der Waals surface area contributed by atoms with Crippen LogP contribution < -0.4 is 5.32 Å². The summed E-state index contributed by atoms with van der Waals surface area (Å²) in [6.07, 6.45) is 0. The number of methoxy groups -OCH3 is 1. The molecule has 4 aromatic rings. The Hall–Kier alpha value is -3.25. The number of H-pyrrole nitrogens is 1. The number of aromatic nitrogens is 4. The van der Waals surface area contributed by atoms with Crippen LogP contribution in [0.2, 0.25) is 0 Å². The number of hydrogen-bond acceptors (Lipinski definition) is 5. The lowest BCUT2D eigenvalue weighted by atomic mass is 10.2. The average molecular weight is 331 g/mol. The molecule has 0 aliphatic heterocycles. The SMILES string of the molecule is COCc1cc(Nc2n[nH]c3ccccc23)nc(-c2ccccc2)n1. The van der Waals surface area contributed by atoms with Crippen molar-refractivity contribution in [3.8, 4) is 11.4 Å². The number of fused-ring (bicyclic) bond motifs is 1. The van der Waals surface area contributed by atoms with Gasteiger partial charge in [-0.05, 0) is 12.1 Å². The fraction of sp³-hybridized carbons (Fsp3) is 0.105. The number of aromatic amines is 1. The summed E-state index contributed by atoms with van der Waals surface area (Å²) in [4.78, 5) is 9.22. The molecule has 124 valence electrons. The van der Waals surface area contributed by atoms with Gasteiger partial charge in [0.05, 0.1) is 17.8 Å². The van der Waals surface area contributed by atoms with Gasteiger partial charge in [-0.2, -0.15) is 5.10 Å². The summed E-state index contributed by atoms with van der Waals surface area (Å²) in [6, 6.07) is 19.7. The number of anilines is 2. The molecule has 0 saturated carbocycles. The maximum atomic E-state index is 5.24. The molecular formula is C19H17N5O. The second-order valence-electron chi connectivity index (χ2n) is 5.61. The standard InChI is InChI=1S/C19H17N5O/c1-25-12-14-11-17(21-18(20-14)13-7-3-2-4-8-13)22-19-15-9-5-6-10-16(15)23-24-19/h2-11H,12H2,1H3,(H2,20,21,22,23,24). The third-order valence-corrected chi connectivity index (χ3v) is 3.82. The van der Waals surface area contributed by atoms with Gasteiger partial charge in [0.15, 0.2) is 11.6 Å². The number of nitrogens with one attached hydrogen (secondary N) is 2. The lowest BCUT2D eigenvalue weighted by molar-refractivity contribution is 0.181. The van der Waals surface area contributed by atoms with Gasteiger partial charge >= 0.3 is 0 Å². The molecule has 2 heterocycles. The van der Waals surface area contributed by atoms with E-state index in [1.165, 1.54) is 0 Å². The van der Waals surface area contributed by atoms with Crippen LogP contribution in [0.4, 0.5) is 11.6 Å². The number of para-hydroxylation sites is 1. The quantitative estimate of drug-likeness (QED) is 0.580. The van der Waals surface area contributed by atoms with E-state index in [0.717, 1.165) is 28.0 Å². The highest BCUT2D eigenvalue weighted by Crippen LogP contribution is 2.24. The Morgan fingerprint density at radius 1 is 1.00 bits per heavy atom. The van der Waals surface area contributed by atoms with E-state index in [9.17, 15) is 0 Å². The van der Waals surface area contributed by atoms with E-state index in [1.807, 2.05) is 60.7 Å². The first-order valence-electron chi connectivity index (χ1n) is 7.96. The first kappa shape index (κ1) is 15.3. The molecule has 0 aliphatic carbocycles. The van der Waals surface area contributed by atoms with Crippen molar-refractivity contribution in [3.63, 3.8) is 0 Å². The van der Waals surface area contributed by atoms with Crippen LogP contribution in [-0.2, 0) is 11.3 Å². The molecular weight excluding hydrogens is 314 g/mol. The lowest BCUT2D eigenvalue weighted by Crippen LogP contribution is -2.02. The van der Waals surface area contributed by atoms with E-state index in [0.29, 0.717) is 18.2 Å². The molecule has 2 aromatic carbocycles. The summed E-state index contributed by atoms with van der Waals surface area (Å²) in [5.41, 5.74) is 2.73. The van der Waals surface area contributed by atoms with Crippen molar-refractivity contribution in [2.24, 2.45) is 0 Å². The van der Waals surface area contributed by atoms with Crippen molar-refractivity contribution in [1.82, 2.24) is 20.2 Å². The molecule has 2 N–H and O–H groups in total. The molecule has 0 radical (unpaired) electrons. The normalized spacial score (nSPS) is 10.9. The first-order valence-corrected chi connectivity index (χ1v) is 7.96. The smallest absolute Gasteiger partial charge is 0.161 e. The van der Waals surface area contributed by atoms with Crippen LogP contribution in [0, 0.1) is 0 Å². The summed E-state index contributed by atoms with van der Waals surface area (Å²) in [7, 11) is 1.65. The molecule has 0 unspecified atom stereocenters. The van der Waals surface area contributed by atoms with Crippen molar-refractivity contribution in [3.05, 3.63) is 66.4 Å². The molecule has 0 aliphatic rings. The Morgan fingerprint density at radius 3 is 2.64 bits per heavy atom. The van der Waals surface area contributed by atoms with E-state index in [1.54, 1.807) is 7.11 Å². The Balaban J connectivity index is 1.74. The minimum Gasteiger partial charge on any atom is -0.378 e. The van der Waals surface area contributed by atoms with Gasteiger partial charge in [0.25, 0.3) is 0 Å². The summed E-state index contributed by atoms with van der Waals surface area (Å²) >= 11 is 0. The lowest BCUT2D eigenvalue weighted by Gasteiger charge is -2.09. The second kappa shape index (κ2) is 6.70. The van der Waals surface area contributed by atoms with Crippen molar-refractivity contribution in [2.75, 3.05) is 12.4 Å². The van der Waals surface area contributed by atoms with Crippen molar-refractivity contribution in [1.29, 1.82) is 0 Å². The van der Waals surface area contributed by atoms with Gasteiger partial charge in [0.1, 0.15) is 5.82 Å². The first-order chi connectivity index (χ1) is 12.3. The van der Waals surface area contributed by atoms with Gasteiger partial charge in [-0.3, -0.25) is 5.10 Å². The maximum Gasteiger partial charge on any atom is 0.161 e. The number of hydrogen-bond donors (Lipinski definition) is 2. The molecule has 6 nitrogen and oxygen atoms in total. The van der Waals surface area contributed by atoms with Crippen molar-refractivity contribution < 1.29 is 4.74 Å². The average Bonchev–Trinajstić information content (AvgIpc) is 3.06. The topological polar surface area (TPSA) is 75.7 Å². The van der Waals surface area contributed by atoms with Gasteiger partial charge in [0, 0.05) is 24.1 Å². The molecule has 0 atom stereocenters. The van der Waals surface area contributed by atoms with Gasteiger partial charge in [-0.15, -0.1) is 0 Å². The number of benzene rings is 2. The zero-order chi connectivity index (χ0) is 17.1. The summed E-state index contributed by atoms with van der Waals surface area (Å²) < 4.78 is 5.24. The van der Waals surface area contributed by atoms with Crippen LogP contribution in [0.1, 0.15) is 5.69 Å². The van der Waals surface area contributed by atoms with Gasteiger partial charge in [-0.1, -0.05) is 42.5 Å². The Bertz CT molecular complexity index is 997. The molecule has 0 amide bonds. The van der Waals surface area contributed by atoms with Crippen LogP contribution in [0.15, 0.2) is 60.7 Å². The minimum absolute atomic E-state index is 0.415. The number of rotatable bonds is 5. The van der Waals surface area contributed by atoms with Gasteiger partial charge in [0.2, 0.25) is 0 Å². The van der Waals surface area contributed by atoms with Crippen LogP contribution in [0.25, 0.3) is 22.3 Å². The number of ether oxygens (including phenoxy) is 1. The van der Waals surface area contributed by atoms with E-state index in [4.69, 9.17) is 4.74 Å². The second-order valence-corrected chi connectivity index (χ2v) is 5.61. The van der Waals surface area contributed by atoms with Crippen LogP contribution in [0.5, 0.6) is 0 Å². The molecule has 2 aromatic heterocycles. The molecule has 4 rings (SSSR count). The third-order valence-electron chi connectivity index (χ3n) is 3.82. The Kier molecular flexibility index (Phi) is 4.10. The van der Waals surface area contributed by atoms with Crippen LogP contribution >= 0.6 is 0 Å². The maximum absolute atomic E-state index is 5.24. The molecule has 0 bridgehead atoms. The highest BCUT2D eigenvalue weighted by atomic mass is 16.5. The summed E-state index contributed by atoms with van der Waals surface area (Å²) in [6.45, 7) is 0.415. The fourth-order valence-corrected chi connectivity index (χ4v) is 2.68. The van der Waals surface area contributed by atoms with Crippen molar-refractivity contribution >= 4 is 22.5 Å². The minimum atomic E-state index is 0.415. The van der Waals surface area contributed by atoms with Crippen molar-refractivity contribution in [2.45, 2.75) is 6.61 Å². The molecule has 25 heavy (non-hydrogen) atoms. The van der Waals surface area contributed by atoms with Crippen LogP contribution in [-0.4, -0.2) is 27.3 Å². The van der Waals surface area contributed by atoms with Gasteiger partial charge in [-0.25, -0.2) is 9.97 Å².